The number of para-hydroxylation sites is 1. The van der Waals surface area contributed by atoms with Crippen LogP contribution < -0.4 is 4.90 Å². The van der Waals surface area contributed by atoms with Crippen LogP contribution in [-0.2, 0) is 16.0 Å². The van der Waals surface area contributed by atoms with Gasteiger partial charge in [-0.3, -0.25) is 14.4 Å². The lowest BCUT2D eigenvalue weighted by Gasteiger charge is -2.27. The Labute approximate surface area is 202 Å². The predicted molar refractivity (Wildman–Crippen MR) is 132 cm³/mol. The number of halogens is 1. The molecule has 2 aromatic heterocycles. The Morgan fingerprint density at radius 2 is 1.88 bits per heavy atom. The summed E-state index contributed by atoms with van der Waals surface area (Å²) in [7, 11) is 0. The molecule has 166 valence electrons. The predicted octanol–water partition coefficient (Wildman–Crippen LogP) is 5.01. The van der Waals surface area contributed by atoms with Crippen LogP contribution >= 0.6 is 27.3 Å². The summed E-state index contributed by atoms with van der Waals surface area (Å²) in [5.74, 6) is -0.900. The Hall–Kier alpha value is -3.23. The second kappa shape index (κ2) is 8.96. The number of H-pyrrole nitrogens is 1. The van der Waals surface area contributed by atoms with Crippen molar-refractivity contribution in [2.24, 2.45) is 0 Å². The van der Waals surface area contributed by atoms with E-state index in [2.05, 4.69) is 20.9 Å². The number of aromatic nitrogens is 1. The van der Waals surface area contributed by atoms with Crippen molar-refractivity contribution < 1.29 is 14.4 Å². The lowest BCUT2D eigenvalue weighted by molar-refractivity contribution is -0.122. The SMILES string of the molecule is O=C1CC(N(CCc2c[nH]c3ccccc23)C(=O)c2cccs2)C(=O)N1c1ccc(Br)cc1. The lowest BCUT2D eigenvalue weighted by atomic mass is 10.1. The molecule has 3 amide bonds. The number of carbonyl (C=O) groups is 3. The molecule has 0 radical (unpaired) electrons. The highest BCUT2D eigenvalue weighted by Gasteiger charge is 2.44. The maximum absolute atomic E-state index is 13.4. The first-order valence-corrected chi connectivity index (χ1v) is 12.2. The number of benzene rings is 2. The third-order valence-electron chi connectivity index (χ3n) is 5.87. The number of imide groups is 1. The van der Waals surface area contributed by atoms with Gasteiger partial charge in [-0.25, -0.2) is 4.90 Å². The first-order chi connectivity index (χ1) is 16.0. The van der Waals surface area contributed by atoms with Crippen LogP contribution in [0.15, 0.2) is 76.7 Å². The van der Waals surface area contributed by atoms with Gasteiger partial charge in [0.05, 0.1) is 17.0 Å². The Morgan fingerprint density at radius 3 is 2.64 bits per heavy atom. The number of nitrogens with zero attached hydrogens (tertiary/aromatic N) is 2. The molecule has 1 saturated heterocycles. The highest BCUT2D eigenvalue weighted by atomic mass is 79.9. The van der Waals surface area contributed by atoms with E-state index in [1.165, 1.54) is 16.2 Å². The van der Waals surface area contributed by atoms with Crippen LogP contribution in [0, 0.1) is 0 Å². The van der Waals surface area contributed by atoms with E-state index in [9.17, 15) is 14.4 Å². The minimum Gasteiger partial charge on any atom is -0.361 e. The summed E-state index contributed by atoms with van der Waals surface area (Å²) in [6.07, 6.45) is 2.48. The molecule has 6 nitrogen and oxygen atoms in total. The van der Waals surface area contributed by atoms with E-state index < -0.39 is 6.04 Å². The largest absolute Gasteiger partial charge is 0.361 e. The number of amides is 3. The smallest absolute Gasteiger partial charge is 0.264 e. The molecule has 0 spiro atoms. The summed E-state index contributed by atoms with van der Waals surface area (Å²) in [6.45, 7) is 0.330. The molecule has 1 N–H and O–H groups in total. The Kier molecular flexibility index (Phi) is 5.86. The second-order valence-electron chi connectivity index (χ2n) is 7.85. The number of hydrogen-bond acceptors (Lipinski definition) is 4. The zero-order chi connectivity index (χ0) is 22.9. The molecule has 8 heteroatoms. The van der Waals surface area contributed by atoms with Gasteiger partial charge in [0.2, 0.25) is 5.91 Å². The molecule has 2 aromatic carbocycles. The van der Waals surface area contributed by atoms with Crippen molar-refractivity contribution in [2.75, 3.05) is 11.4 Å². The molecule has 33 heavy (non-hydrogen) atoms. The quantitative estimate of drug-likeness (QED) is 0.362. The maximum Gasteiger partial charge on any atom is 0.264 e. The normalized spacial score (nSPS) is 16.0. The molecular formula is C25H20BrN3O3S. The number of rotatable bonds is 6. The highest BCUT2D eigenvalue weighted by Crippen LogP contribution is 2.29. The van der Waals surface area contributed by atoms with Crippen LogP contribution in [-0.4, -0.2) is 40.2 Å². The topological polar surface area (TPSA) is 73.5 Å². The minimum atomic E-state index is -0.832. The first-order valence-electron chi connectivity index (χ1n) is 10.5. The summed E-state index contributed by atoms with van der Waals surface area (Å²) in [5.41, 5.74) is 2.60. The van der Waals surface area contributed by atoms with Crippen LogP contribution in [0.3, 0.4) is 0 Å². The number of aromatic amines is 1. The molecule has 1 unspecified atom stereocenters. The van der Waals surface area contributed by atoms with Gasteiger partial charge in [0.25, 0.3) is 11.8 Å². The van der Waals surface area contributed by atoms with E-state index in [0.717, 1.165) is 20.9 Å². The molecule has 0 aliphatic carbocycles. The molecular weight excluding hydrogens is 502 g/mol. The van der Waals surface area contributed by atoms with Gasteiger partial charge >= 0.3 is 0 Å². The molecule has 1 aliphatic rings. The van der Waals surface area contributed by atoms with E-state index in [0.29, 0.717) is 23.5 Å². The van der Waals surface area contributed by atoms with Crippen molar-refractivity contribution in [1.29, 1.82) is 0 Å². The molecule has 4 aromatic rings. The molecule has 1 aliphatic heterocycles. The van der Waals surface area contributed by atoms with Gasteiger partial charge in [-0.1, -0.05) is 40.2 Å². The van der Waals surface area contributed by atoms with Gasteiger partial charge in [-0.2, -0.15) is 0 Å². The van der Waals surface area contributed by atoms with Crippen molar-refractivity contribution in [3.63, 3.8) is 0 Å². The van der Waals surface area contributed by atoms with Gasteiger partial charge in [-0.15, -0.1) is 11.3 Å². The minimum absolute atomic E-state index is 0.0279. The van der Waals surface area contributed by atoms with E-state index in [1.807, 2.05) is 41.9 Å². The third-order valence-corrected chi connectivity index (χ3v) is 7.26. The molecule has 0 saturated carbocycles. The van der Waals surface area contributed by atoms with E-state index in [-0.39, 0.29) is 24.1 Å². The zero-order valence-corrected chi connectivity index (χ0v) is 19.9. The van der Waals surface area contributed by atoms with Crippen molar-refractivity contribution in [1.82, 2.24) is 9.88 Å². The second-order valence-corrected chi connectivity index (χ2v) is 9.71. The molecule has 5 rings (SSSR count). The molecule has 1 fully saturated rings. The first kappa shape index (κ1) is 21.6. The fraction of sp³-hybridized carbons (Fsp3) is 0.160. The van der Waals surface area contributed by atoms with Gasteiger partial charge in [0, 0.05) is 28.1 Å². The van der Waals surface area contributed by atoms with Gasteiger partial charge in [0.15, 0.2) is 0 Å². The molecule has 1 atom stereocenters. The van der Waals surface area contributed by atoms with Gasteiger partial charge < -0.3 is 9.88 Å². The summed E-state index contributed by atoms with van der Waals surface area (Å²) in [6, 6.07) is 17.7. The number of carbonyl (C=O) groups excluding carboxylic acids is 3. The van der Waals surface area contributed by atoms with Crippen LogP contribution in [0.4, 0.5) is 5.69 Å². The maximum atomic E-state index is 13.4. The third kappa shape index (κ3) is 4.12. The molecule has 0 bridgehead atoms. The number of hydrogen-bond donors (Lipinski definition) is 1. The van der Waals surface area contributed by atoms with E-state index in [1.54, 1.807) is 35.2 Å². The fourth-order valence-corrected chi connectivity index (χ4v) is 5.18. The highest BCUT2D eigenvalue weighted by molar-refractivity contribution is 9.10. The standard InChI is InChI=1S/C25H20BrN3O3S/c26-17-7-9-18(10-8-17)29-23(30)14-21(24(29)31)28(25(32)22-6-3-13-33-22)12-11-16-15-27-20-5-2-1-4-19(16)20/h1-10,13,15,21,27H,11-12,14H2. The van der Waals surface area contributed by atoms with E-state index >= 15 is 0 Å². The Bertz CT molecular complexity index is 1330. The van der Waals surface area contributed by atoms with Crippen molar-refractivity contribution in [3.8, 4) is 0 Å². The monoisotopic (exact) mass is 521 g/mol. The van der Waals surface area contributed by atoms with Crippen molar-refractivity contribution in [3.05, 3.63) is 87.2 Å². The van der Waals surface area contributed by atoms with Crippen LogP contribution in [0.5, 0.6) is 0 Å². The lowest BCUT2D eigenvalue weighted by Crippen LogP contribution is -2.46. The number of anilines is 1. The Morgan fingerprint density at radius 1 is 1.09 bits per heavy atom. The van der Waals surface area contributed by atoms with Crippen molar-refractivity contribution in [2.45, 2.75) is 18.9 Å². The summed E-state index contributed by atoms with van der Waals surface area (Å²) < 4.78 is 0.857. The average molecular weight is 522 g/mol. The van der Waals surface area contributed by atoms with Gasteiger partial charge in [-0.05, 0) is 53.8 Å². The summed E-state index contributed by atoms with van der Waals surface area (Å²) >= 11 is 4.71. The fourth-order valence-electron chi connectivity index (χ4n) is 4.24. The summed E-state index contributed by atoms with van der Waals surface area (Å²) in [5, 5.41) is 2.92. The number of nitrogens with one attached hydrogen (secondary N) is 1. The number of thiophene rings is 1. The zero-order valence-electron chi connectivity index (χ0n) is 17.5. The van der Waals surface area contributed by atoms with Crippen LogP contribution in [0.25, 0.3) is 10.9 Å². The Balaban J connectivity index is 1.44. The van der Waals surface area contributed by atoms with E-state index in [4.69, 9.17) is 0 Å². The molecule has 3 heterocycles. The summed E-state index contributed by atoms with van der Waals surface area (Å²) in [4.78, 5) is 46.2. The van der Waals surface area contributed by atoms with Crippen molar-refractivity contribution >= 4 is 61.6 Å². The average Bonchev–Trinajstić information content (AvgIpc) is 3.55. The van der Waals surface area contributed by atoms with Crippen LogP contribution in [0.2, 0.25) is 0 Å². The van der Waals surface area contributed by atoms with Gasteiger partial charge in [0.1, 0.15) is 6.04 Å². The van der Waals surface area contributed by atoms with Crippen LogP contribution in [0.1, 0.15) is 21.7 Å². The number of fused-ring (bicyclic) bond motifs is 1.